The summed E-state index contributed by atoms with van der Waals surface area (Å²) in [5.74, 6) is -2.85. The predicted molar refractivity (Wildman–Crippen MR) is 104 cm³/mol. The van der Waals surface area contributed by atoms with E-state index >= 15 is 0 Å². The first-order chi connectivity index (χ1) is 13.8. The van der Waals surface area contributed by atoms with Crippen molar-refractivity contribution in [2.24, 2.45) is 0 Å². The number of aromatic hydroxyl groups is 1. The lowest BCUT2D eigenvalue weighted by molar-refractivity contribution is -0.137. The highest BCUT2D eigenvalue weighted by atomic mass is 35.5. The first-order valence-corrected chi connectivity index (χ1v) is 9.03. The van der Waals surface area contributed by atoms with E-state index in [2.05, 4.69) is 10.4 Å². The molecule has 0 aliphatic rings. The molecule has 7 nitrogen and oxygen atoms in total. The zero-order chi connectivity index (χ0) is 21.1. The topological polar surface area (TPSA) is 104 Å². The fraction of sp³-hybridized carbons (Fsp3) is 0.105. The fourth-order valence-corrected chi connectivity index (χ4v) is 3.15. The lowest BCUT2D eigenvalue weighted by Gasteiger charge is -2.18. The predicted octanol–water partition coefficient (Wildman–Crippen LogP) is 3.97. The molecule has 0 unspecified atom stereocenters. The van der Waals surface area contributed by atoms with Crippen LogP contribution >= 0.6 is 23.2 Å². The quantitative estimate of drug-likeness (QED) is 0.541. The minimum Gasteiger partial charge on any atom is -0.493 e. The lowest BCUT2D eigenvalue weighted by atomic mass is 10.0. The van der Waals surface area contributed by atoms with Gasteiger partial charge in [0.2, 0.25) is 5.88 Å². The highest BCUT2D eigenvalue weighted by molar-refractivity contribution is 6.42. The Morgan fingerprint density at radius 3 is 2.59 bits per heavy atom. The highest BCUT2D eigenvalue weighted by Gasteiger charge is 2.24. The van der Waals surface area contributed by atoms with Crippen LogP contribution in [0.15, 0.2) is 48.5 Å². The highest BCUT2D eigenvalue weighted by Crippen LogP contribution is 2.31. The number of rotatable bonds is 6. The zero-order valence-electron chi connectivity index (χ0n) is 14.6. The maximum Gasteiger partial charge on any atom is 0.305 e. The van der Waals surface area contributed by atoms with E-state index in [0.717, 1.165) is 16.8 Å². The molecule has 1 aromatic heterocycles. The van der Waals surface area contributed by atoms with Crippen molar-refractivity contribution in [1.29, 1.82) is 0 Å². The van der Waals surface area contributed by atoms with Crippen molar-refractivity contribution < 1.29 is 24.2 Å². The molecule has 0 fully saturated rings. The maximum atomic E-state index is 13.4. The number of carboxylic acid groups (broad SMARTS) is 1. The summed E-state index contributed by atoms with van der Waals surface area (Å²) in [7, 11) is 0. The fourth-order valence-electron chi connectivity index (χ4n) is 2.72. The molecule has 3 aromatic rings. The number of carbonyl (C=O) groups is 2. The third-order valence-electron chi connectivity index (χ3n) is 4.02. The van der Waals surface area contributed by atoms with Crippen LogP contribution < -0.4 is 5.32 Å². The van der Waals surface area contributed by atoms with Gasteiger partial charge in [-0.1, -0.05) is 41.4 Å². The Morgan fingerprint density at radius 2 is 1.90 bits per heavy atom. The van der Waals surface area contributed by atoms with E-state index in [9.17, 15) is 24.2 Å². The number of halogens is 3. The number of nitrogens with one attached hydrogen (secondary N) is 1. The summed E-state index contributed by atoms with van der Waals surface area (Å²) in [6, 6.07) is 10.0. The number of carbonyl (C=O) groups excluding carboxylic acids is 1. The Bertz CT molecular complexity index is 1090. The van der Waals surface area contributed by atoms with E-state index in [1.807, 2.05) is 0 Å². The Labute approximate surface area is 174 Å². The molecule has 0 aliphatic carbocycles. The first-order valence-electron chi connectivity index (χ1n) is 8.28. The number of benzene rings is 2. The summed E-state index contributed by atoms with van der Waals surface area (Å²) >= 11 is 12.1. The molecule has 1 amide bonds. The molecule has 2 aromatic carbocycles. The molecule has 0 aliphatic heterocycles. The summed E-state index contributed by atoms with van der Waals surface area (Å²) in [5.41, 5.74) is 0.338. The molecule has 0 spiro atoms. The van der Waals surface area contributed by atoms with Gasteiger partial charge in [0, 0.05) is 6.07 Å². The van der Waals surface area contributed by atoms with Crippen molar-refractivity contribution in [2.45, 2.75) is 12.5 Å². The zero-order valence-corrected chi connectivity index (χ0v) is 16.2. The third kappa shape index (κ3) is 4.67. The van der Waals surface area contributed by atoms with E-state index in [1.165, 1.54) is 24.3 Å². The van der Waals surface area contributed by atoms with Gasteiger partial charge >= 0.3 is 5.97 Å². The van der Waals surface area contributed by atoms with Crippen molar-refractivity contribution in [1.82, 2.24) is 15.1 Å². The average Bonchev–Trinajstić information content (AvgIpc) is 3.05. The van der Waals surface area contributed by atoms with Gasteiger partial charge in [0.05, 0.1) is 28.2 Å². The molecule has 1 heterocycles. The van der Waals surface area contributed by atoms with Crippen LogP contribution in [0.25, 0.3) is 5.69 Å². The Morgan fingerprint density at radius 1 is 1.17 bits per heavy atom. The molecule has 150 valence electrons. The van der Waals surface area contributed by atoms with Crippen LogP contribution in [-0.2, 0) is 4.79 Å². The average molecular weight is 438 g/mol. The molecular formula is C19H14Cl2FN3O4. The van der Waals surface area contributed by atoms with Gasteiger partial charge in [-0.05, 0) is 29.8 Å². The van der Waals surface area contributed by atoms with Gasteiger partial charge in [-0.15, -0.1) is 0 Å². The summed E-state index contributed by atoms with van der Waals surface area (Å²) in [5, 5.41) is 26.1. The van der Waals surface area contributed by atoms with Gasteiger partial charge in [0.25, 0.3) is 5.91 Å². The van der Waals surface area contributed by atoms with Gasteiger partial charge < -0.3 is 15.5 Å². The van der Waals surface area contributed by atoms with Gasteiger partial charge in [-0.25, -0.2) is 9.07 Å². The van der Waals surface area contributed by atoms with Crippen LogP contribution in [0.5, 0.6) is 5.88 Å². The molecule has 0 bridgehead atoms. The molecule has 0 saturated carbocycles. The molecule has 3 rings (SSSR count). The molecule has 29 heavy (non-hydrogen) atoms. The van der Waals surface area contributed by atoms with Crippen molar-refractivity contribution in [3.8, 4) is 11.6 Å². The smallest absolute Gasteiger partial charge is 0.305 e. The van der Waals surface area contributed by atoms with Crippen LogP contribution in [0.3, 0.4) is 0 Å². The summed E-state index contributed by atoms with van der Waals surface area (Å²) in [6.07, 6.45) is -0.456. The van der Waals surface area contributed by atoms with Crippen molar-refractivity contribution in [2.75, 3.05) is 0 Å². The summed E-state index contributed by atoms with van der Waals surface area (Å²) in [4.78, 5) is 23.9. The van der Waals surface area contributed by atoms with E-state index in [4.69, 9.17) is 23.2 Å². The number of aliphatic carboxylic acids is 1. The molecule has 1 atom stereocenters. The molecule has 3 N–H and O–H groups in total. The molecule has 0 saturated heterocycles. The van der Waals surface area contributed by atoms with Crippen LogP contribution in [0.2, 0.25) is 10.0 Å². The van der Waals surface area contributed by atoms with Crippen molar-refractivity contribution in [3.63, 3.8) is 0 Å². The number of nitrogens with zero attached hydrogens (tertiary/aromatic N) is 2. The Kier molecular flexibility index (Phi) is 6.05. The van der Waals surface area contributed by atoms with Gasteiger partial charge in [-0.2, -0.15) is 5.10 Å². The Hall–Kier alpha value is -3.10. The molecule has 10 heteroatoms. The summed E-state index contributed by atoms with van der Waals surface area (Å²) < 4.78 is 14.4. The number of aromatic nitrogens is 2. The molecule has 0 radical (unpaired) electrons. The van der Waals surface area contributed by atoms with Crippen LogP contribution in [0, 0.1) is 5.82 Å². The second kappa shape index (κ2) is 8.50. The summed E-state index contributed by atoms with van der Waals surface area (Å²) in [6.45, 7) is 0. The Balaban J connectivity index is 1.90. The van der Waals surface area contributed by atoms with Gasteiger partial charge in [-0.3, -0.25) is 9.59 Å². The third-order valence-corrected chi connectivity index (χ3v) is 4.85. The SMILES string of the molecule is O=C(O)C[C@H](NC(=O)c1cc(O)n(-c2cccc(F)c2)n1)c1cccc(Cl)c1Cl. The standard InChI is InChI=1S/C19H14Cl2FN3O4/c20-13-6-2-5-12(18(13)21)14(9-17(27)28)23-19(29)15-8-16(26)25(24-15)11-4-1-3-10(22)7-11/h1-8,14,26H,9H2,(H,23,29)(H,27,28)/t14-/m0/s1. The second-order valence-electron chi connectivity index (χ2n) is 6.05. The van der Waals surface area contributed by atoms with Crippen LogP contribution in [0.4, 0.5) is 4.39 Å². The van der Waals surface area contributed by atoms with Crippen LogP contribution in [0.1, 0.15) is 28.5 Å². The van der Waals surface area contributed by atoms with Gasteiger partial charge in [0.1, 0.15) is 5.82 Å². The van der Waals surface area contributed by atoms with Crippen molar-refractivity contribution in [3.05, 3.63) is 75.7 Å². The van der Waals surface area contributed by atoms with Crippen molar-refractivity contribution >= 4 is 35.1 Å². The number of hydrogen-bond donors (Lipinski definition) is 3. The second-order valence-corrected chi connectivity index (χ2v) is 6.83. The van der Waals surface area contributed by atoms with E-state index in [0.29, 0.717) is 5.56 Å². The van der Waals surface area contributed by atoms with Gasteiger partial charge in [0.15, 0.2) is 5.69 Å². The van der Waals surface area contributed by atoms with E-state index in [-0.39, 0.29) is 21.4 Å². The number of hydrogen-bond acceptors (Lipinski definition) is 4. The minimum atomic E-state index is -1.17. The normalized spacial score (nSPS) is 11.8. The van der Waals surface area contributed by atoms with E-state index in [1.54, 1.807) is 12.1 Å². The number of carboxylic acids is 1. The minimum absolute atomic E-state index is 0.119. The molecular weight excluding hydrogens is 424 g/mol. The van der Waals surface area contributed by atoms with Crippen LogP contribution in [-0.4, -0.2) is 31.9 Å². The maximum absolute atomic E-state index is 13.4. The largest absolute Gasteiger partial charge is 0.493 e. The monoisotopic (exact) mass is 437 g/mol. The number of amides is 1. The first kappa shape index (κ1) is 20.6. The van der Waals surface area contributed by atoms with E-state index < -0.39 is 36.0 Å². The lowest BCUT2D eigenvalue weighted by Crippen LogP contribution is -2.30.